The summed E-state index contributed by atoms with van der Waals surface area (Å²) in [5.41, 5.74) is 13.3. The van der Waals surface area contributed by atoms with Crippen LogP contribution in [0.1, 0.15) is 52.4 Å². The smallest absolute Gasteiger partial charge is 0.377 e. The molecule has 0 aromatic carbocycles. The van der Waals surface area contributed by atoms with Gasteiger partial charge in [0.2, 0.25) is 0 Å². The third-order valence-corrected chi connectivity index (χ3v) is 6.69. The average Bonchev–Trinajstić information content (AvgIpc) is 3.42. The van der Waals surface area contributed by atoms with E-state index in [0.29, 0.717) is 0 Å². The van der Waals surface area contributed by atoms with Crippen LogP contribution in [-0.4, -0.2) is 16.1 Å². The molecule has 2 fully saturated rings. The first-order valence-electron chi connectivity index (χ1n) is 12.7. The average molecular weight is 582 g/mol. The summed E-state index contributed by atoms with van der Waals surface area (Å²) in [6, 6.07) is 0. The molecule has 0 N–H and O–H groups in total. The van der Waals surface area contributed by atoms with Crippen molar-refractivity contribution in [3.63, 3.8) is 0 Å². The van der Waals surface area contributed by atoms with Gasteiger partial charge < -0.3 is 22.5 Å². The summed E-state index contributed by atoms with van der Waals surface area (Å²) in [4.78, 5) is 0. The Labute approximate surface area is 243 Å². The van der Waals surface area contributed by atoms with E-state index in [1.54, 1.807) is 0 Å². The van der Waals surface area contributed by atoms with Gasteiger partial charge in [0.1, 0.15) is 0 Å². The molecule has 190 valence electrons. The summed E-state index contributed by atoms with van der Waals surface area (Å²) in [5, 5.41) is 0. The van der Waals surface area contributed by atoms with Crippen LogP contribution in [0.4, 0.5) is 0 Å². The zero-order valence-corrected chi connectivity index (χ0v) is 28.4. The minimum Gasteiger partial charge on any atom is -0.377 e. The normalized spacial score (nSPS) is 16.5. The molecule has 2 rings (SSSR count). The fourth-order valence-corrected chi connectivity index (χ4v) is 5.62. The molecule has 0 aliphatic heterocycles. The van der Waals surface area contributed by atoms with E-state index >= 15 is 0 Å². The van der Waals surface area contributed by atoms with Gasteiger partial charge in [0.05, 0.1) is 0 Å². The maximum absolute atomic E-state index is 4.05. The molecule has 3 heteroatoms. The fourth-order valence-electron chi connectivity index (χ4n) is 3.26. The van der Waals surface area contributed by atoms with Crippen LogP contribution in [0.25, 0.3) is 0 Å². The van der Waals surface area contributed by atoms with Crippen molar-refractivity contribution in [2.45, 2.75) is 91.7 Å². The molecular formula is C32H50Si2Zr. The van der Waals surface area contributed by atoms with Gasteiger partial charge in [0.25, 0.3) is 0 Å². The van der Waals surface area contributed by atoms with Crippen LogP contribution in [0.2, 0.25) is 39.3 Å². The summed E-state index contributed by atoms with van der Waals surface area (Å²) in [7, 11) is -2.74. The molecule has 0 aromatic heterocycles. The van der Waals surface area contributed by atoms with Crippen molar-refractivity contribution in [3.8, 4) is 0 Å². The van der Waals surface area contributed by atoms with Crippen molar-refractivity contribution in [2.75, 3.05) is 0 Å². The maximum Gasteiger partial charge on any atom is 2.00 e. The Balaban J connectivity index is 0. The van der Waals surface area contributed by atoms with Crippen molar-refractivity contribution in [1.29, 1.82) is 0 Å². The standard InChI is InChI=1S/C22H40Si2.2C5H5.Zr/c1-19(2)13-11-15-21(17-23(5,6)7)22(18-24(8,9)10)16-12-14-20(3)4;2*1-2-4-5-3-1;/h1,3,11-16H2,2,4-10H3;2*1-5H;/q-2;;;+2. The number of rotatable bonds is 11. The van der Waals surface area contributed by atoms with Crippen molar-refractivity contribution in [1.82, 2.24) is 0 Å². The molecule has 0 bridgehead atoms. The Hall–Kier alpha value is 0.277. The second kappa shape index (κ2) is 21.2. The first-order chi connectivity index (χ1) is 15.8. The monoisotopic (exact) mass is 580 g/mol. The SMILES string of the molecule is C=C(C)CCCC(=[C-][Si](C)(C)C)C(=[C-][Si](C)(C)C)CCCC(=C)C.[CH]1[CH][CH][CH][CH]1.[CH]1[CH][CH][CH][CH]1.[Zr+2]. The molecule has 2 aliphatic carbocycles. The van der Waals surface area contributed by atoms with Crippen molar-refractivity contribution >= 4 is 16.1 Å². The number of hydrogen-bond acceptors (Lipinski definition) is 0. The van der Waals surface area contributed by atoms with E-state index in [2.05, 4.69) is 77.7 Å². The summed E-state index contributed by atoms with van der Waals surface area (Å²) in [6.45, 7) is 26.6. The molecule has 0 amide bonds. The molecule has 0 aromatic rings. The van der Waals surface area contributed by atoms with E-state index in [1.165, 1.54) is 35.1 Å². The topological polar surface area (TPSA) is 0 Å². The third-order valence-electron chi connectivity index (χ3n) is 4.59. The molecule has 2 aliphatic rings. The van der Waals surface area contributed by atoms with Crippen LogP contribution < -0.4 is 0 Å². The summed E-state index contributed by atoms with van der Waals surface area (Å²) >= 11 is 0. The fraction of sp³-hybridized carbons (Fsp3) is 0.438. The molecular weight excluding hydrogens is 532 g/mol. The van der Waals surface area contributed by atoms with Crippen LogP contribution >= 0.6 is 0 Å². The molecule has 0 heterocycles. The number of hydrogen-bond donors (Lipinski definition) is 0. The van der Waals surface area contributed by atoms with E-state index in [9.17, 15) is 0 Å². The van der Waals surface area contributed by atoms with Gasteiger partial charge in [0, 0.05) is 0 Å². The second-order valence-electron chi connectivity index (χ2n) is 11.3. The van der Waals surface area contributed by atoms with Crippen LogP contribution in [0, 0.1) is 75.6 Å². The molecule has 0 saturated heterocycles. The van der Waals surface area contributed by atoms with E-state index in [1.807, 2.05) is 64.2 Å². The van der Waals surface area contributed by atoms with Gasteiger partial charge in [-0.3, -0.25) is 0 Å². The third kappa shape index (κ3) is 27.1. The van der Waals surface area contributed by atoms with Gasteiger partial charge in [-0.25, -0.2) is 0 Å². The van der Waals surface area contributed by atoms with Crippen molar-refractivity contribution in [2.24, 2.45) is 0 Å². The van der Waals surface area contributed by atoms with Crippen LogP contribution in [0.5, 0.6) is 0 Å². The Bertz CT molecular complexity index is 550. The van der Waals surface area contributed by atoms with E-state index in [0.717, 1.165) is 25.7 Å². The minimum atomic E-state index is -1.37. The van der Waals surface area contributed by atoms with E-state index in [4.69, 9.17) is 0 Å². The van der Waals surface area contributed by atoms with Gasteiger partial charge in [-0.15, -0.1) is 26.0 Å². The molecule has 0 atom stereocenters. The van der Waals surface area contributed by atoms with E-state index in [-0.39, 0.29) is 26.2 Å². The molecule has 0 nitrogen and oxygen atoms in total. The first-order valence-corrected chi connectivity index (χ1v) is 19.7. The molecule has 35 heavy (non-hydrogen) atoms. The van der Waals surface area contributed by atoms with Crippen LogP contribution in [0.3, 0.4) is 0 Å². The zero-order chi connectivity index (χ0) is 26.0. The summed E-state index contributed by atoms with van der Waals surface area (Å²) < 4.78 is 0. The zero-order valence-electron chi connectivity index (χ0n) is 23.9. The molecule has 0 unspecified atom stereocenters. The quantitative estimate of drug-likeness (QED) is 0.0986. The summed E-state index contributed by atoms with van der Waals surface area (Å²) in [5.74, 6) is 0. The van der Waals surface area contributed by atoms with Gasteiger partial charge >= 0.3 is 26.2 Å². The summed E-state index contributed by atoms with van der Waals surface area (Å²) in [6.07, 6.45) is 26.8. The maximum atomic E-state index is 4.05. The van der Waals surface area contributed by atoms with Crippen molar-refractivity contribution < 1.29 is 26.2 Å². The van der Waals surface area contributed by atoms with Gasteiger partial charge in [-0.2, -0.15) is 0 Å². The molecule has 0 spiro atoms. The predicted molar refractivity (Wildman–Crippen MR) is 161 cm³/mol. The van der Waals surface area contributed by atoms with Crippen LogP contribution in [-0.2, 0) is 26.2 Å². The predicted octanol–water partition coefficient (Wildman–Crippen LogP) is 9.73. The largest absolute Gasteiger partial charge is 2.00 e. The first kappa shape index (κ1) is 37.4. The van der Waals surface area contributed by atoms with Gasteiger partial charge in [-0.1, -0.05) is 63.3 Å². The molecule has 10 radical (unpaired) electrons. The van der Waals surface area contributed by atoms with Gasteiger partial charge in [0.15, 0.2) is 0 Å². The van der Waals surface area contributed by atoms with Crippen molar-refractivity contribution in [3.05, 3.63) is 111 Å². The Morgan fingerprint density at radius 1 is 0.514 bits per heavy atom. The van der Waals surface area contributed by atoms with E-state index < -0.39 is 16.1 Å². The molecule has 2 saturated carbocycles. The minimum absolute atomic E-state index is 0. The van der Waals surface area contributed by atoms with Gasteiger partial charge in [-0.05, 0) is 107 Å². The Morgan fingerprint density at radius 2 is 0.743 bits per heavy atom. The number of allylic oxidation sites excluding steroid dienone is 4. The van der Waals surface area contributed by atoms with Crippen LogP contribution in [0.15, 0.2) is 35.5 Å². The second-order valence-corrected chi connectivity index (χ2v) is 20.8. The Morgan fingerprint density at radius 3 is 0.914 bits per heavy atom. The Kier molecular flexibility index (Phi) is 22.7.